The van der Waals surface area contributed by atoms with Crippen molar-refractivity contribution in [3.8, 4) is 0 Å². The summed E-state index contributed by atoms with van der Waals surface area (Å²) in [7, 11) is -2.84. The van der Waals surface area contributed by atoms with E-state index in [2.05, 4.69) is 55.1 Å². The van der Waals surface area contributed by atoms with E-state index in [0.717, 1.165) is 24.4 Å². The molecular weight excluding hydrogens is 523 g/mol. The van der Waals surface area contributed by atoms with Crippen LogP contribution in [0.4, 0.5) is 0 Å². The van der Waals surface area contributed by atoms with E-state index in [9.17, 15) is 0 Å². The Kier molecular flexibility index (Phi) is 22.2. The number of hydrogen-bond donors (Lipinski definition) is 0. The van der Waals surface area contributed by atoms with Gasteiger partial charge in [0.25, 0.3) is 0 Å². The second-order valence-electron chi connectivity index (χ2n) is 7.62. The van der Waals surface area contributed by atoms with Gasteiger partial charge in [-0.1, -0.05) is 0 Å². The molecule has 0 saturated heterocycles. The summed E-state index contributed by atoms with van der Waals surface area (Å²) in [5.41, 5.74) is 0. The van der Waals surface area contributed by atoms with E-state index in [-0.39, 0.29) is 24.8 Å². The first kappa shape index (κ1) is 33.9. The zero-order chi connectivity index (χ0) is 20.8. The molecule has 0 radical (unpaired) electrons. The summed E-state index contributed by atoms with van der Waals surface area (Å²) in [6.07, 6.45) is 15.7. The molecule has 2 aliphatic rings. The van der Waals surface area contributed by atoms with Crippen molar-refractivity contribution in [3.05, 3.63) is 48.0 Å². The van der Waals surface area contributed by atoms with Crippen LogP contribution in [0.2, 0.25) is 39.3 Å². The van der Waals surface area contributed by atoms with Crippen LogP contribution in [0.15, 0.2) is 35.8 Å². The molecule has 2 rings (SSSR count). The van der Waals surface area contributed by atoms with Crippen LogP contribution < -0.4 is 24.8 Å². The normalized spacial score (nSPS) is 14.1. The van der Waals surface area contributed by atoms with Gasteiger partial charge in [-0.25, -0.2) is 12.2 Å². The van der Waals surface area contributed by atoms with Gasteiger partial charge in [0.1, 0.15) is 0 Å². The second-order valence-corrected chi connectivity index (χ2v) is 18.1. The Morgan fingerprint density at radius 3 is 1.34 bits per heavy atom. The third kappa shape index (κ3) is 24.4. The summed E-state index contributed by atoms with van der Waals surface area (Å²) in [6.45, 7) is 15.6. The molecule has 0 aromatic carbocycles. The molecule has 0 saturated carbocycles. The number of hydrogen-bond acceptors (Lipinski definition) is 4. The predicted octanol–water partition coefficient (Wildman–Crippen LogP) is -0.719. The molecule has 166 valence electrons. The number of allylic oxidation sites excluding steroid dienone is 6. The number of ether oxygens (including phenoxy) is 2. The first-order chi connectivity index (χ1) is 12.6. The summed E-state index contributed by atoms with van der Waals surface area (Å²) in [6, 6.07) is 0. The van der Waals surface area contributed by atoms with Crippen molar-refractivity contribution in [1.29, 1.82) is 0 Å². The largest absolute Gasteiger partial charge is 1.00 e. The van der Waals surface area contributed by atoms with Gasteiger partial charge in [-0.3, -0.25) is 0 Å². The molecule has 2 aliphatic carbocycles. The van der Waals surface area contributed by atoms with Crippen LogP contribution in [0, 0.1) is 12.2 Å². The molecule has 0 spiro atoms. The smallest absolute Gasteiger partial charge is 0.188 e. The summed E-state index contributed by atoms with van der Waals surface area (Å²) >= 11 is 1.51. The molecule has 0 aromatic rings. The zero-order valence-corrected chi connectivity index (χ0v) is 24.6. The van der Waals surface area contributed by atoms with Crippen LogP contribution in [-0.4, -0.2) is 33.9 Å². The summed E-state index contributed by atoms with van der Waals surface area (Å²) < 4.78 is 23.7. The van der Waals surface area contributed by atoms with Crippen LogP contribution in [0.3, 0.4) is 0 Å². The van der Waals surface area contributed by atoms with E-state index in [1.54, 1.807) is 0 Å². The Hall–Kier alpha value is 0.247. The van der Waals surface area contributed by atoms with Gasteiger partial charge in [0.2, 0.25) is 0 Å². The topological polar surface area (TPSA) is 36.9 Å². The third-order valence-electron chi connectivity index (χ3n) is 2.74. The molecular formula is C20H34Cl2O4Si2Zr-2. The maximum Gasteiger partial charge on any atom is 0.188 e. The Labute approximate surface area is 207 Å². The average molecular weight is 557 g/mol. The fraction of sp³-hybridized carbons (Fsp3) is 0.550. The van der Waals surface area contributed by atoms with Gasteiger partial charge < -0.3 is 43.1 Å². The van der Waals surface area contributed by atoms with E-state index in [1.807, 2.05) is 31.2 Å². The maximum atomic E-state index is 5.51. The van der Waals surface area contributed by atoms with Crippen LogP contribution in [-0.2, 0) is 42.6 Å². The monoisotopic (exact) mass is 554 g/mol. The molecule has 0 aromatic heterocycles. The molecule has 29 heavy (non-hydrogen) atoms. The van der Waals surface area contributed by atoms with E-state index in [1.165, 1.54) is 24.2 Å². The Balaban J connectivity index is -0.000000387. The average Bonchev–Trinajstić information content (AvgIpc) is 3.19. The summed E-state index contributed by atoms with van der Waals surface area (Å²) in [5, 5.41) is 0. The minimum absolute atomic E-state index is 0. The van der Waals surface area contributed by atoms with Crippen LogP contribution in [0.25, 0.3) is 0 Å². The molecule has 0 atom stereocenters. The minimum atomic E-state index is -1.42. The van der Waals surface area contributed by atoms with Crippen molar-refractivity contribution in [2.75, 3.05) is 13.6 Å². The number of halogens is 2. The third-order valence-corrected chi connectivity index (χ3v) is 4.71. The van der Waals surface area contributed by atoms with Crippen LogP contribution in [0.1, 0.15) is 19.8 Å². The Bertz CT molecular complexity index is 506. The van der Waals surface area contributed by atoms with E-state index in [4.69, 9.17) is 18.3 Å². The molecule has 0 bridgehead atoms. The first-order valence-corrected chi connectivity index (χ1v) is 17.3. The summed E-state index contributed by atoms with van der Waals surface area (Å²) in [4.78, 5) is 0. The Morgan fingerprint density at radius 1 is 0.828 bits per heavy atom. The van der Waals surface area contributed by atoms with Gasteiger partial charge >= 0.3 is 34.9 Å². The number of rotatable bonds is 8. The van der Waals surface area contributed by atoms with Crippen molar-refractivity contribution < 1.29 is 67.4 Å². The molecule has 0 amide bonds. The molecule has 9 heteroatoms. The van der Waals surface area contributed by atoms with Crippen molar-refractivity contribution in [3.63, 3.8) is 0 Å². The van der Waals surface area contributed by atoms with Gasteiger partial charge in [-0.2, -0.15) is 24.3 Å². The second kappa shape index (κ2) is 19.0. The molecule has 0 N–H and O–H groups in total. The van der Waals surface area contributed by atoms with Crippen molar-refractivity contribution in [2.45, 2.75) is 59.0 Å². The quantitative estimate of drug-likeness (QED) is 0.225. The summed E-state index contributed by atoms with van der Waals surface area (Å²) in [5.74, 6) is 1.63. The minimum Gasteiger partial charge on any atom is -1.00 e. The zero-order valence-electron chi connectivity index (χ0n) is 18.6. The molecule has 4 nitrogen and oxygen atoms in total. The van der Waals surface area contributed by atoms with Crippen molar-refractivity contribution in [2.24, 2.45) is 0 Å². The molecule has 0 fully saturated rings. The van der Waals surface area contributed by atoms with Gasteiger partial charge in [-0.15, -0.1) is 12.8 Å². The van der Waals surface area contributed by atoms with Crippen molar-refractivity contribution in [1.82, 2.24) is 0 Å². The van der Waals surface area contributed by atoms with E-state index in [0.29, 0.717) is 13.6 Å². The predicted molar refractivity (Wildman–Crippen MR) is 114 cm³/mol. The first-order valence-electron chi connectivity index (χ1n) is 9.10. The van der Waals surface area contributed by atoms with Gasteiger partial charge in [0.15, 0.2) is 30.2 Å². The maximum absolute atomic E-state index is 5.51. The SMILES string of the molecule is C[CH]=[Zr+2].C[Si](C)(C)OCOC1=[C-]CC=C1.C[Si](C)(C)OCOC1=[C-]CC=C1.[Cl-].[Cl-]. The van der Waals surface area contributed by atoms with Gasteiger partial charge in [-0.05, 0) is 50.8 Å². The Morgan fingerprint density at radius 2 is 1.14 bits per heavy atom. The van der Waals surface area contributed by atoms with E-state index < -0.39 is 16.6 Å². The fourth-order valence-corrected chi connectivity index (χ4v) is 2.33. The van der Waals surface area contributed by atoms with Crippen LogP contribution in [0.5, 0.6) is 0 Å². The molecule has 0 heterocycles. The van der Waals surface area contributed by atoms with E-state index >= 15 is 0 Å². The standard InChI is InChI=1S/2C9H15O2Si.C2H4.2ClH.Zr/c2*1-12(2,3)11-8-10-9-6-4-5-7-9;1-2;;;/h2*4,6H,5,8H2,1-3H3;1H,2H3;2*1H;/q2*-1;;;;+2/p-2. The van der Waals surface area contributed by atoms with Crippen LogP contribution >= 0.6 is 0 Å². The molecule has 0 unspecified atom stereocenters. The van der Waals surface area contributed by atoms with Crippen molar-refractivity contribution >= 4 is 20.3 Å². The fourth-order valence-electron chi connectivity index (χ4n) is 1.51. The van der Waals surface area contributed by atoms with Gasteiger partial charge in [0, 0.05) is 0 Å². The van der Waals surface area contributed by atoms with Gasteiger partial charge in [0.05, 0.1) is 0 Å². The molecule has 0 aliphatic heterocycles.